The molecular formula is C12H16O3. The molecule has 0 aromatic heterocycles. The van der Waals surface area contributed by atoms with Crippen molar-refractivity contribution in [3.8, 4) is 0 Å². The van der Waals surface area contributed by atoms with Gasteiger partial charge in [-0.05, 0) is 12.5 Å². The van der Waals surface area contributed by atoms with E-state index in [0.717, 1.165) is 5.56 Å². The molecular weight excluding hydrogens is 192 g/mol. The lowest BCUT2D eigenvalue weighted by atomic mass is 10.2. The quantitative estimate of drug-likeness (QED) is 0.743. The van der Waals surface area contributed by atoms with Crippen molar-refractivity contribution in [2.75, 3.05) is 6.61 Å². The van der Waals surface area contributed by atoms with Crippen LogP contribution in [0.1, 0.15) is 12.5 Å². The zero-order valence-electron chi connectivity index (χ0n) is 8.80. The molecule has 3 heteroatoms. The first-order valence-electron chi connectivity index (χ1n) is 5.22. The maximum atomic E-state index is 9.20. The van der Waals surface area contributed by atoms with Gasteiger partial charge in [0, 0.05) is 0 Å². The zero-order chi connectivity index (χ0) is 10.7. The summed E-state index contributed by atoms with van der Waals surface area (Å²) in [5.74, 6) is 0. The highest BCUT2D eigenvalue weighted by Crippen LogP contribution is 2.25. The van der Waals surface area contributed by atoms with E-state index in [9.17, 15) is 5.11 Å². The molecule has 0 radical (unpaired) electrons. The average Bonchev–Trinajstić information content (AvgIpc) is 2.99. The van der Waals surface area contributed by atoms with E-state index in [1.165, 1.54) is 0 Å². The fourth-order valence-corrected chi connectivity index (χ4v) is 1.58. The molecule has 0 saturated carbocycles. The molecule has 82 valence electrons. The highest BCUT2D eigenvalue weighted by molar-refractivity contribution is 5.13. The van der Waals surface area contributed by atoms with Crippen LogP contribution >= 0.6 is 0 Å². The van der Waals surface area contributed by atoms with Gasteiger partial charge >= 0.3 is 0 Å². The summed E-state index contributed by atoms with van der Waals surface area (Å²) < 4.78 is 10.7. The highest BCUT2D eigenvalue weighted by atomic mass is 16.6. The number of hydrogen-bond acceptors (Lipinski definition) is 3. The topological polar surface area (TPSA) is 42.0 Å². The van der Waals surface area contributed by atoms with E-state index in [1.54, 1.807) is 6.92 Å². The minimum Gasteiger partial charge on any atom is -0.391 e. The van der Waals surface area contributed by atoms with Crippen molar-refractivity contribution < 1.29 is 14.6 Å². The molecule has 0 bridgehead atoms. The summed E-state index contributed by atoms with van der Waals surface area (Å²) >= 11 is 0. The van der Waals surface area contributed by atoms with Crippen molar-refractivity contribution >= 4 is 0 Å². The van der Waals surface area contributed by atoms with Crippen LogP contribution in [0.4, 0.5) is 0 Å². The molecule has 1 aliphatic heterocycles. The van der Waals surface area contributed by atoms with Crippen LogP contribution in [0.15, 0.2) is 30.3 Å². The first-order chi connectivity index (χ1) is 7.27. The van der Waals surface area contributed by atoms with Gasteiger partial charge in [-0.2, -0.15) is 0 Å². The Morgan fingerprint density at radius 3 is 2.73 bits per heavy atom. The molecule has 0 spiro atoms. The summed E-state index contributed by atoms with van der Waals surface area (Å²) in [6, 6.07) is 10.0. The maximum Gasteiger partial charge on any atom is 0.112 e. The number of aliphatic hydroxyl groups excluding tert-OH is 1. The lowest BCUT2D eigenvalue weighted by molar-refractivity contribution is 0.104. The zero-order valence-corrected chi connectivity index (χ0v) is 8.80. The molecule has 1 heterocycles. The van der Waals surface area contributed by atoms with Crippen LogP contribution < -0.4 is 0 Å². The van der Waals surface area contributed by atoms with Gasteiger partial charge in [-0.3, -0.25) is 0 Å². The Morgan fingerprint density at radius 1 is 1.40 bits per heavy atom. The van der Waals surface area contributed by atoms with Crippen molar-refractivity contribution in [2.45, 2.75) is 31.8 Å². The van der Waals surface area contributed by atoms with E-state index in [0.29, 0.717) is 13.2 Å². The molecule has 1 aromatic rings. The normalized spacial score (nSPS) is 26.3. The molecule has 1 aliphatic rings. The molecule has 3 atom stereocenters. The van der Waals surface area contributed by atoms with Gasteiger partial charge in [0.2, 0.25) is 0 Å². The second kappa shape index (κ2) is 4.75. The lowest BCUT2D eigenvalue weighted by Crippen LogP contribution is -2.14. The van der Waals surface area contributed by atoms with E-state index < -0.39 is 6.10 Å². The van der Waals surface area contributed by atoms with Crippen LogP contribution in [-0.4, -0.2) is 30.0 Å². The number of epoxide rings is 1. The molecule has 0 amide bonds. The standard InChI is InChI=1S/C12H16O3/c1-9(13)12-11(15-12)8-14-7-10-5-3-2-4-6-10/h2-6,9,11-13H,7-8H2,1H3/t9-,11-,12+/m1/s1. The SMILES string of the molecule is C[C@@H](O)[C@@H]1O[C@@H]1COCc1ccccc1. The van der Waals surface area contributed by atoms with Crippen molar-refractivity contribution in [3.05, 3.63) is 35.9 Å². The number of hydrogen-bond donors (Lipinski definition) is 1. The predicted molar refractivity (Wildman–Crippen MR) is 56.4 cm³/mol. The van der Waals surface area contributed by atoms with E-state index in [1.807, 2.05) is 30.3 Å². The summed E-state index contributed by atoms with van der Waals surface area (Å²) in [6.07, 6.45) is -0.343. The minimum atomic E-state index is -0.393. The number of ether oxygens (including phenoxy) is 2. The number of aliphatic hydroxyl groups is 1. The second-order valence-electron chi connectivity index (χ2n) is 3.88. The van der Waals surface area contributed by atoms with Crippen LogP contribution in [0.3, 0.4) is 0 Å². The monoisotopic (exact) mass is 208 g/mol. The van der Waals surface area contributed by atoms with Gasteiger partial charge in [-0.25, -0.2) is 0 Å². The molecule has 1 N–H and O–H groups in total. The van der Waals surface area contributed by atoms with Crippen LogP contribution in [0.25, 0.3) is 0 Å². The van der Waals surface area contributed by atoms with Crippen molar-refractivity contribution in [1.29, 1.82) is 0 Å². The Balaban J connectivity index is 1.65. The van der Waals surface area contributed by atoms with Crippen LogP contribution in [0.2, 0.25) is 0 Å². The molecule has 2 rings (SSSR count). The summed E-state index contributed by atoms with van der Waals surface area (Å²) in [4.78, 5) is 0. The van der Waals surface area contributed by atoms with Crippen molar-refractivity contribution in [3.63, 3.8) is 0 Å². The summed E-state index contributed by atoms with van der Waals surface area (Å²) in [5, 5.41) is 9.20. The first kappa shape index (κ1) is 10.6. The Morgan fingerprint density at radius 2 is 2.13 bits per heavy atom. The Hall–Kier alpha value is -0.900. The van der Waals surface area contributed by atoms with Gasteiger partial charge in [0.05, 0.1) is 19.3 Å². The first-order valence-corrected chi connectivity index (χ1v) is 5.22. The number of benzene rings is 1. The largest absolute Gasteiger partial charge is 0.391 e. The molecule has 1 saturated heterocycles. The number of rotatable bonds is 5. The van der Waals surface area contributed by atoms with Crippen molar-refractivity contribution in [2.24, 2.45) is 0 Å². The van der Waals surface area contributed by atoms with E-state index >= 15 is 0 Å². The molecule has 1 aromatic carbocycles. The van der Waals surface area contributed by atoms with Gasteiger partial charge in [-0.15, -0.1) is 0 Å². The average molecular weight is 208 g/mol. The Labute approximate surface area is 89.6 Å². The molecule has 1 fully saturated rings. The summed E-state index contributed by atoms with van der Waals surface area (Å²) in [7, 11) is 0. The molecule has 0 unspecified atom stereocenters. The summed E-state index contributed by atoms with van der Waals surface area (Å²) in [5.41, 5.74) is 1.16. The van der Waals surface area contributed by atoms with E-state index in [-0.39, 0.29) is 12.2 Å². The fraction of sp³-hybridized carbons (Fsp3) is 0.500. The lowest BCUT2D eigenvalue weighted by Gasteiger charge is -2.02. The minimum absolute atomic E-state index is 0.0271. The van der Waals surface area contributed by atoms with Gasteiger partial charge in [0.25, 0.3) is 0 Å². The third-order valence-electron chi connectivity index (χ3n) is 2.49. The molecule has 15 heavy (non-hydrogen) atoms. The predicted octanol–water partition coefficient (Wildman–Crippen LogP) is 1.35. The van der Waals surface area contributed by atoms with Gasteiger partial charge in [0.15, 0.2) is 0 Å². The van der Waals surface area contributed by atoms with Crippen LogP contribution in [0, 0.1) is 0 Å². The molecule has 3 nitrogen and oxygen atoms in total. The van der Waals surface area contributed by atoms with Crippen molar-refractivity contribution in [1.82, 2.24) is 0 Å². The van der Waals surface area contributed by atoms with E-state index in [4.69, 9.17) is 9.47 Å². The second-order valence-corrected chi connectivity index (χ2v) is 3.88. The summed E-state index contributed by atoms with van der Waals surface area (Å²) in [6.45, 7) is 2.90. The van der Waals surface area contributed by atoms with Crippen LogP contribution in [0.5, 0.6) is 0 Å². The van der Waals surface area contributed by atoms with Crippen LogP contribution in [-0.2, 0) is 16.1 Å². The van der Waals surface area contributed by atoms with Gasteiger partial charge in [0.1, 0.15) is 12.2 Å². The van der Waals surface area contributed by atoms with E-state index in [2.05, 4.69) is 0 Å². The Bertz CT molecular complexity index is 297. The molecule has 0 aliphatic carbocycles. The fourth-order valence-electron chi connectivity index (χ4n) is 1.58. The Kier molecular flexibility index (Phi) is 3.36. The maximum absolute atomic E-state index is 9.20. The third kappa shape index (κ3) is 3.02. The highest BCUT2D eigenvalue weighted by Gasteiger charge is 2.42. The smallest absolute Gasteiger partial charge is 0.112 e. The van der Waals surface area contributed by atoms with Gasteiger partial charge < -0.3 is 14.6 Å². The van der Waals surface area contributed by atoms with Gasteiger partial charge in [-0.1, -0.05) is 30.3 Å². The third-order valence-corrected chi connectivity index (χ3v) is 2.49.